The molecule has 8 heteroatoms. The number of hydrogen-bond acceptors (Lipinski definition) is 8. The van der Waals surface area contributed by atoms with E-state index in [4.69, 9.17) is 23.7 Å². The molecule has 2 aliphatic rings. The molecule has 0 amide bonds. The van der Waals surface area contributed by atoms with E-state index in [2.05, 4.69) is 39.8 Å². The minimum atomic E-state index is -1.29. The number of carbonyl (C=O) groups is 3. The zero-order valence-corrected chi connectivity index (χ0v) is 29.6. The van der Waals surface area contributed by atoms with Crippen LogP contribution in [-0.4, -0.2) is 54.2 Å². The zero-order chi connectivity index (χ0) is 35.7. The third-order valence-corrected chi connectivity index (χ3v) is 9.57. The van der Waals surface area contributed by atoms with Gasteiger partial charge in [-0.05, 0) is 109 Å². The van der Waals surface area contributed by atoms with Crippen molar-refractivity contribution in [1.29, 1.82) is 0 Å². The maximum Gasteiger partial charge on any atom is 0.338 e. The Morgan fingerprint density at radius 2 is 1.24 bits per heavy atom. The lowest BCUT2D eigenvalue weighted by atomic mass is 9.76. The van der Waals surface area contributed by atoms with Crippen LogP contribution in [0.5, 0.6) is 0 Å². The van der Waals surface area contributed by atoms with Crippen molar-refractivity contribution in [1.82, 2.24) is 0 Å². The molecule has 1 aliphatic carbocycles. The van der Waals surface area contributed by atoms with Crippen molar-refractivity contribution < 1.29 is 38.1 Å². The maximum absolute atomic E-state index is 13.7. The number of benzene rings is 3. The van der Waals surface area contributed by atoms with Gasteiger partial charge in [-0.1, -0.05) is 77.9 Å². The van der Waals surface area contributed by atoms with Gasteiger partial charge in [-0.25, -0.2) is 14.4 Å². The van der Waals surface area contributed by atoms with Crippen molar-refractivity contribution in [2.24, 2.45) is 5.92 Å². The van der Waals surface area contributed by atoms with Gasteiger partial charge in [-0.3, -0.25) is 0 Å². The van der Waals surface area contributed by atoms with Gasteiger partial charge in [0.05, 0.1) is 28.4 Å². The summed E-state index contributed by atoms with van der Waals surface area (Å²) in [7, 11) is 0. The summed E-state index contributed by atoms with van der Waals surface area (Å²) >= 11 is 0. The first-order valence-electron chi connectivity index (χ1n) is 17.4. The Hall–Kier alpha value is -4.53. The Morgan fingerprint density at radius 1 is 0.760 bits per heavy atom. The maximum atomic E-state index is 13.7. The first kappa shape index (κ1) is 36.7. The summed E-state index contributed by atoms with van der Waals surface area (Å²) < 4.78 is 32.0. The molecule has 3 aromatic carbocycles. The Kier molecular flexibility index (Phi) is 12.4. The van der Waals surface area contributed by atoms with E-state index in [-0.39, 0.29) is 5.92 Å². The lowest BCUT2D eigenvalue weighted by molar-refractivity contribution is -0.323. The summed E-state index contributed by atoms with van der Waals surface area (Å²) in [4.78, 5) is 40.9. The topological polar surface area (TPSA) is 97.4 Å². The molecule has 0 spiro atoms. The predicted octanol–water partition coefficient (Wildman–Crippen LogP) is 8.68. The Bertz CT molecular complexity index is 1650. The van der Waals surface area contributed by atoms with Gasteiger partial charge in [0.25, 0.3) is 0 Å². The van der Waals surface area contributed by atoms with E-state index >= 15 is 0 Å². The quantitative estimate of drug-likeness (QED) is 0.107. The SMILES string of the molecule is CC(C)=CCC[C@](C)(O[C@@H]1O[C@H](C)[C@H](OC(=O)c2ccccc2)[C@H](OC(=O)c2ccccc2)[C@H]1OC(=O)c1ccccc1)[C@H]1CC=C(C)CC1. The van der Waals surface area contributed by atoms with Gasteiger partial charge >= 0.3 is 17.9 Å². The molecule has 3 aromatic rings. The average Bonchev–Trinajstić information content (AvgIpc) is 3.12. The second-order valence-corrected chi connectivity index (χ2v) is 13.7. The number of carbonyl (C=O) groups excluding carboxylic acids is 3. The molecule has 1 heterocycles. The smallest absolute Gasteiger partial charge is 0.338 e. The molecule has 0 aromatic heterocycles. The van der Waals surface area contributed by atoms with E-state index in [9.17, 15) is 14.4 Å². The minimum Gasteiger partial charge on any atom is -0.452 e. The monoisotopic (exact) mass is 680 g/mol. The number of esters is 3. The summed E-state index contributed by atoms with van der Waals surface area (Å²) in [5, 5.41) is 0. The second-order valence-electron chi connectivity index (χ2n) is 13.7. The lowest BCUT2D eigenvalue weighted by Crippen LogP contribution is -2.63. The molecule has 0 unspecified atom stereocenters. The molecule has 50 heavy (non-hydrogen) atoms. The molecular formula is C42H48O8. The summed E-state index contributed by atoms with van der Waals surface area (Å²) in [6.07, 6.45) is 2.97. The van der Waals surface area contributed by atoms with Crippen molar-refractivity contribution in [3.05, 3.63) is 131 Å². The highest BCUT2D eigenvalue weighted by atomic mass is 16.7. The number of ether oxygens (including phenoxy) is 5. The fourth-order valence-electron chi connectivity index (χ4n) is 6.58. The summed E-state index contributed by atoms with van der Waals surface area (Å²) in [5.41, 5.74) is 2.76. The van der Waals surface area contributed by atoms with E-state index in [0.717, 1.165) is 25.7 Å². The lowest BCUT2D eigenvalue weighted by Gasteiger charge is -2.48. The van der Waals surface area contributed by atoms with Gasteiger partial charge in [0.2, 0.25) is 0 Å². The number of hydrogen-bond donors (Lipinski definition) is 0. The van der Waals surface area contributed by atoms with E-state index in [1.165, 1.54) is 11.1 Å². The molecule has 0 N–H and O–H groups in total. The highest BCUT2D eigenvalue weighted by molar-refractivity contribution is 5.91. The Morgan fingerprint density at radius 3 is 1.70 bits per heavy atom. The van der Waals surface area contributed by atoms with Gasteiger partial charge in [-0.2, -0.15) is 0 Å². The fraction of sp³-hybridized carbons (Fsp3) is 0.405. The summed E-state index contributed by atoms with van der Waals surface area (Å²) in [5.74, 6) is -1.79. The van der Waals surface area contributed by atoms with Crippen molar-refractivity contribution >= 4 is 17.9 Å². The van der Waals surface area contributed by atoms with E-state index in [1.54, 1.807) is 97.9 Å². The second kappa shape index (κ2) is 16.9. The van der Waals surface area contributed by atoms with E-state index in [1.807, 2.05) is 0 Å². The molecule has 1 fully saturated rings. The number of allylic oxidation sites excluding steroid dienone is 4. The molecular weight excluding hydrogens is 632 g/mol. The molecule has 1 saturated heterocycles. The first-order chi connectivity index (χ1) is 24.0. The van der Waals surface area contributed by atoms with Crippen LogP contribution in [0.3, 0.4) is 0 Å². The normalized spacial score (nSPS) is 24.5. The van der Waals surface area contributed by atoms with E-state index in [0.29, 0.717) is 23.1 Å². The Balaban J connectivity index is 1.55. The van der Waals surface area contributed by atoms with Gasteiger partial charge in [0.1, 0.15) is 0 Å². The van der Waals surface area contributed by atoms with Crippen LogP contribution in [0, 0.1) is 5.92 Å². The predicted molar refractivity (Wildman–Crippen MR) is 191 cm³/mol. The highest BCUT2D eigenvalue weighted by Crippen LogP contribution is 2.41. The van der Waals surface area contributed by atoms with Crippen LogP contribution in [0.25, 0.3) is 0 Å². The Labute approximate surface area is 295 Å². The van der Waals surface area contributed by atoms with Crippen molar-refractivity contribution in [2.75, 3.05) is 0 Å². The average molecular weight is 681 g/mol. The third kappa shape index (κ3) is 9.37. The molecule has 7 atom stereocenters. The summed E-state index contributed by atoms with van der Waals surface area (Å²) in [6.45, 7) is 10.1. The van der Waals surface area contributed by atoms with Gasteiger partial charge < -0.3 is 23.7 Å². The van der Waals surface area contributed by atoms with Crippen LogP contribution >= 0.6 is 0 Å². The molecule has 8 nitrogen and oxygen atoms in total. The third-order valence-electron chi connectivity index (χ3n) is 9.57. The van der Waals surface area contributed by atoms with Crippen molar-refractivity contribution in [3.8, 4) is 0 Å². The van der Waals surface area contributed by atoms with Crippen LogP contribution < -0.4 is 0 Å². The minimum absolute atomic E-state index is 0.153. The van der Waals surface area contributed by atoms with Crippen LogP contribution in [0.4, 0.5) is 0 Å². The standard InChI is InChI=1S/C42H48O8/c1-28(2)16-15-27-42(5,34-25-23-29(3)24-26-34)50-41-37(49-40(45)33-21-13-8-14-22-33)36(48-39(44)32-19-11-7-12-20-32)35(30(4)46-41)47-38(43)31-17-9-6-10-18-31/h6-14,16-23,30,34-37,41H,15,24-27H2,1-5H3/t30-,34+,35+,36+,37-,41+,42+/m1/s1. The molecule has 0 bridgehead atoms. The van der Waals surface area contributed by atoms with Crippen LogP contribution in [-0.2, 0) is 23.7 Å². The fourth-order valence-corrected chi connectivity index (χ4v) is 6.58. The van der Waals surface area contributed by atoms with Gasteiger partial charge in [0.15, 0.2) is 24.6 Å². The number of rotatable bonds is 12. The molecule has 1 aliphatic heterocycles. The van der Waals surface area contributed by atoms with Gasteiger partial charge in [-0.15, -0.1) is 0 Å². The largest absolute Gasteiger partial charge is 0.452 e. The van der Waals surface area contributed by atoms with Gasteiger partial charge in [0, 0.05) is 0 Å². The molecule has 264 valence electrons. The zero-order valence-electron chi connectivity index (χ0n) is 29.6. The summed E-state index contributed by atoms with van der Waals surface area (Å²) in [6, 6.07) is 25.6. The molecule has 0 radical (unpaired) electrons. The van der Waals surface area contributed by atoms with Crippen molar-refractivity contribution in [2.45, 2.75) is 103 Å². The molecule has 0 saturated carbocycles. The van der Waals surface area contributed by atoms with E-state index < -0.39 is 54.2 Å². The molecule has 5 rings (SSSR count). The highest BCUT2D eigenvalue weighted by Gasteiger charge is 2.54. The van der Waals surface area contributed by atoms with Crippen LogP contribution in [0.2, 0.25) is 0 Å². The van der Waals surface area contributed by atoms with Crippen LogP contribution in [0.15, 0.2) is 114 Å². The van der Waals surface area contributed by atoms with Crippen LogP contribution in [0.1, 0.15) is 97.8 Å². The first-order valence-corrected chi connectivity index (χ1v) is 17.4. The van der Waals surface area contributed by atoms with Crippen molar-refractivity contribution in [3.63, 3.8) is 0 Å².